The molecule has 3 aliphatic heterocycles. The van der Waals surface area contributed by atoms with Crippen LogP contribution in [0.15, 0.2) is 60.9 Å². The summed E-state index contributed by atoms with van der Waals surface area (Å²) in [7, 11) is 0. The lowest BCUT2D eigenvalue weighted by atomic mass is 9.70. The number of hydrogen-bond donors (Lipinski definition) is 1. The van der Waals surface area contributed by atoms with Crippen LogP contribution < -0.4 is 5.32 Å². The highest BCUT2D eigenvalue weighted by molar-refractivity contribution is 5.85. The molecule has 0 radical (unpaired) electrons. The van der Waals surface area contributed by atoms with Crippen molar-refractivity contribution >= 4 is 36.4 Å². The number of rotatable bonds is 4. The van der Waals surface area contributed by atoms with Crippen LogP contribution >= 0.6 is 24.8 Å². The number of cyclic esters (lactones) is 1. The quantitative estimate of drug-likeness (QED) is 0.525. The van der Waals surface area contributed by atoms with Crippen LogP contribution in [-0.2, 0) is 14.9 Å². The van der Waals surface area contributed by atoms with E-state index in [-0.39, 0.29) is 47.7 Å². The molecule has 3 aromatic rings. The van der Waals surface area contributed by atoms with E-state index in [1.165, 1.54) is 5.56 Å². The largest absolute Gasteiger partial charge is 0.461 e. The van der Waals surface area contributed by atoms with Crippen molar-refractivity contribution in [3.8, 4) is 0 Å². The molecule has 8 heteroatoms. The van der Waals surface area contributed by atoms with E-state index in [1.54, 1.807) is 0 Å². The van der Waals surface area contributed by atoms with E-state index in [9.17, 15) is 4.79 Å². The number of hydrogen-bond acceptors (Lipinski definition) is 5. The molecular formula is C27H34Cl2N4O2. The maximum absolute atomic E-state index is 12.7. The van der Waals surface area contributed by atoms with Crippen molar-refractivity contribution in [1.82, 2.24) is 19.6 Å². The molecule has 1 N–H and O–H groups in total. The number of nitrogens with one attached hydrogen (secondary N) is 1. The molecule has 1 unspecified atom stereocenters. The molecule has 6 rings (SSSR count). The molecule has 1 aromatic carbocycles. The Morgan fingerprint density at radius 1 is 0.971 bits per heavy atom. The summed E-state index contributed by atoms with van der Waals surface area (Å²) >= 11 is 0. The second-order valence-corrected chi connectivity index (χ2v) is 10.1. The van der Waals surface area contributed by atoms with Gasteiger partial charge < -0.3 is 14.5 Å². The topological polar surface area (TPSA) is 58.9 Å². The van der Waals surface area contributed by atoms with Gasteiger partial charge in [0.1, 0.15) is 11.8 Å². The minimum atomic E-state index is -0.240. The summed E-state index contributed by atoms with van der Waals surface area (Å²) in [6, 6.07) is 17.0. The monoisotopic (exact) mass is 516 g/mol. The van der Waals surface area contributed by atoms with Crippen LogP contribution in [0, 0.1) is 5.41 Å². The van der Waals surface area contributed by atoms with Crippen LogP contribution in [0.2, 0.25) is 0 Å². The van der Waals surface area contributed by atoms with Crippen molar-refractivity contribution in [1.29, 1.82) is 0 Å². The summed E-state index contributed by atoms with van der Waals surface area (Å²) in [6.07, 6.45) is 9.02. The number of piperidine rings is 2. The summed E-state index contributed by atoms with van der Waals surface area (Å²) in [5.41, 5.74) is 3.16. The first kappa shape index (κ1) is 26.0. The summed E-state index contributed by atoms with van der Waals surface area (Å²) in [5, 5.41) is 3.38. The number of fused-ring (bicyclic) bond motifs is 1. The lowest BCUT2D eigenvalue weighted by Crippen LogP contribution is -2.46. The molecule has 0 aliphatic carbocycles. The Hall–Kier alpha value is -2.12. The third-order valence-corrected chi connectivity index (χ3v) is 8.24. The maximum atomic E-state index is 12.7. The highest BCUT2D eigenvalue weighted by Crippen LogP contribution is 2.44. The van der Waals surface area contributed by atoms with E-state index in [4.69, 9.17) is 9.72 Å². The Morgan fingerprint density at radius 3 is 2.40 bits per heavy atom. The molecule has 35 heavy (non-hydrogen) atoms. The summed E-state index contributed by atoms with van der Waals surface area (Å²) < 4.78 is 8.02. The zero-order valence-corrected chi connectivity index (χ0v) is 21.5. The molecule has 3 aliphatic rings. The molecule has 2 aromatic heterocycles. The van der Waals surface area contributed by atoms with Gasteiger partial charge in [-0.3, -0.25) is 9.69 Å². The zero-order valence-electron chi connectivity index (χ0n) is 19.9. The van der Waals surface area contributed by atoms with E-state index in [1.807, 2.05) is 12.1 Å². The number of pyridine rings is 1. The second-order valence-electron chi connectivity index (χ2n) is 10.1. The fourth-order valence-electron chi connectivity index (χ4n) is 6.27. The van der Waals surface area contributed by atoms with Crippen LogP contribution in [0.4, 0.5) is 0 Å². The number of halogens is 2. The molecule has 1 atom stereocenters. The lowest BCUT2D eigenvalue weighted by Gasteiger charge is -2.42. The average molecular weight is 518 g/mol. The SMILES string of the molecule is Cl.Cl.O=C1OC(CN2CCC(c3ccccc3)(c3cn4ccccc4n3)CC2)CC12CCNCC2. The Kier molecular flexibility index (Phi) is 7.77. The van der Waals surface area contributed by atoms with Gasteiger partial charge in [-0.1, -0.05) is 36.4 Å². The van der Waals surface area contributed by atoms with Gasteiger partial charge in [0.15, 0.2) is 0 Å². The molecule has 6 nitrogen and oxygen atoms in total. The predicted molar refractivity (Wildman–Crippen MR) is 142 cm³/mol. The Balaban J connectivity index is 0.00000144. The smallest absolute Gasteiger partial charge is 0.312 e. The van der Waals surface area contributed by atoms with E-state index in [2.05, 4.69) is 63.4 Å². The van der Waals surface area contributed by atoms with Crippen molar-refractivity contribution < 1.29 is 9.53 Å². The van der Waals surface area contributed by atoms with Crippen molar-refractivity contribution in [2.24, 2.45) is 5.41 Å². The van der Waals surface area contributed by atoms with Gasteiger partial charge in [-0.2, -0.15) is 0 Å². The molecule has 0 amide bonds. The first-order chi connectivity index (χ1) is 16.2. The first-order valence-electron chi connectivity index (χ1n) is 12.3. The average Bonchev–Trinajstić information content (AvgIpc) is 3.42. The van der Waals surface area contributed by atoms with Gasteiger partial charge in [0.2, 0.25) is 0 Å². The standard InChI is InChI=1S/C27H32N4O2.2ClH/c32-25-26(9-13-28-14-10-26)18-22(33-25)19-30-16-11-27(12-17-30,21-6-2-1-3-7-21)23-20-31-15-5-4-8-24(31)29-23;;/h1-8,15,20,22,28H,9-14,16-19H2;2*1H. The van der Waals surface area contributed by atoms with Crippen molar-refractivity contribution in [3.05, 3.63) is 72.2 Å². The van der Waals surface area contributed by atoms with Gasteiger partial charge in [-0.05, 0) is 69.6 Å². The van der Waals surface area contributed by atoms with Crippen LogP contribution in [0.25, 0.3) is 5.65 Å². The van der Waals surface area contributed by atoms with Crippen molar-refractivity contribution in [2.45, 2.75) is 43.6 Å². The van der Waals surface area contributed by atoms with Crippen molar-refractivity contribution in [3.63, 3.8) is 0 Å². The number of nitrogens with zero attached hydrogens (tertiary/aromatic N) is 3. The molecule has 3 fully saturated rings. The van der Waals surface area contributed by atoms with Crippen LogP contribution in [0.5, 0.6) is 0 Å². The van der Waals surface area contributed by atoms with E-state index in [0.717, 1.165) is 76.2 Å². The maximum Gasteiger partial charge on any atom is 0.312 e. The zero-order chi connectivity index (χ0) is 22.3. The molecule has 0 saturated carbocycles. The summed E-state index contributed by atoms with van der Waals surface area (Å²) in [6.45, 7) is 4.64. The van der Waals surface area contributed by atoms with Gasteiger partial charge >= 0.3 is 5.97 Å². The highest BCUT2D eigenvalue weighted by atomic mass is 35.5. The van der Waals surface area contributed by atoms with Gasteiger partial charge in [0, 0.05) is 30.8 Å². The number of ether oxygens (including phenoxy) is 1. The fourth-order valence-corrected chi connectivity index (χ4v) is 6.27. The van der Waals surface area contributed by atoms with E-state index >= 15 is 0 Å². The predicted octanol–water partition coefficient (Wildman–Crippen LogP) is 4.25. The second kappa shape index (κ2) is 10.5. The minimum Gasteiger partial charge on any atom is -0.461 e. The summed E-state index contributed by atoms with van der Waals surface area (Å²) in [5.74, 6) is 0.0364. The number of carbonyl (C=O) groups is 1. The third kappa shape index (κ3) is 4.69. The molecular weight excluding hydrogens is 483 g/mol. The lowest BCUT2D eigenvalue weighted by molar-refractivity contribution is -0.150. The first-order valence-corrected chi connectivity index (χ1v) is 12.3. The Morgan fingerprint density at radius 2 is 1.69 bits per heavy atom. The minimum absolute atomic E-state index is 0. The van der Waals surface area contributed by atoms with Gasteiger partial charge in [-0.15, -0.1) is 24.8 Å². The Bertz CT molecular complexity index is 1110. The molecule has 188 valence electrons. The van der Waals surface area contributed by atoms with E-state index in [0.29, 0.717) is 0 Å². The van der Waals surface area contributed by atoms with Gasteiger partial charge in [0.25, 0.3) is 0 Å². The Labute approximate surface area is 219 Å². The van der Waals surface area contributed by atoms with Gasteiger partial charge in [-0.25, -0.2) is 4.98 Å². The third-order valence-electron chi connectivity index (χ3n) is 8.24. The van der Waals surface area contributed by atoms with E-state index < -0.39 is 0 Å². The fraction of sp³-hybridized carbons (Fsp3) is 0.481. The van der Waals surface area contributed by atoms with Crippen LogP contribution in [0.3, 0.4) is 0 Å². The molecule has 1 spiro atoms. The normalized spacial score (nSPS) is 23.4. The van der Waals surface area contributed by atoms with Crippen molar-refractivity contribution in [2.75, 3.05) is 32.7 Å². The number of esters is 1. The van der Waals surface area contributed by atoms with Crippen LogP contribution in [0.1, 0.15) is 43.4 Å². The molecule has 3 saturated heterocycles. The number of carbonyl (C=O) groups excluding carboxylic acids is 1. The number of likely N-dealkylation sites (tertiary alicyclic amines) is 1. The number of aromatic nitrogens is 2. The number of imidazole rings is 1. The number of benzene rings is 1. The highest BCUT2D eigenvalue weighted by Gasteiger charge is 2.50. The van der Waals surface area contributed by atoms with Gasteiger partial charge in [0.05, 0.1) is 11.1 Å². The van der Waals surface area contributed by atoms with Crippen LogP contribution in [-0.4, -0.2) is 59.1 Å². The molecule has 5 heterocycles. The molecule has 0 bridgehead atoms. The summed E-state index contributed by atoms with van der Waals surface area (Å²) in [4.78, 5) is 20.2.